The number of amides is 1. The summed E-state index contributed by atoms with van der Waals surface area (Å²) in [5, 5.41) is 2.83. The van der Waals surface area contributed by atoms with Crippen molar-refractivity contribution in [2.45, 2.75) is 25.7 Å². The van der Waals surface area contributed by atoms with Crippen molar-refractivity contribution >= 4 is 5.91 Å². The molecule has 2 rings (SSSR count). The largest absolute Gasteiger partial charge is 0.496 e. The number of methoxy groups -OCH3 is 1. The fraction of sp³-hybridized carbons (Fsp3) is 0.562. The van der Waals surface area contributed by atoms with Gasteiger partial charge in [-0.2, -0.15) is 0 Å². The maximum absolute atomic E-state index is 13.2. The number of hydrogen-bond donors (Lipinski definition) is 1. The molecule has 1 amide bonds. The molecule has 0 atom stereocenters. The molecule has 1 N–H and O–H groups in total. The van der Waals surface area contributed by atoms with Crippen molar-refractivity contribution in [3.63, 3.8) is 0 Å². The van der Waals surface area contributed by atoms with Crippen molar-refractivity contribution in [1.82, 2.24) is 10.2 Å². The fourth-order valence-corrected chi connectivity index (χ4v) is 2.64. The zero-order valence-electron chi connectivity index (χ0n) is 12.5. The molecule has 1 aromatic rings. The summed E-state index contributed by atoms with van der Waals surface area (Å²) < 4.78 is 18.3. The molecule has 116 valence electrons. The minimum Gasteiger partial charge on any atom is -0.496 e. The third-order valence-corrected chi connectivity index (χ3v) is 3.79. The molecule has 5 heteroatoms. The quantitative estimate of drug-likeness (QED) is 0.819. The normalized spacial score (nSPS) is 15.7. The van der Waals surface area contributed by atoms with E-state index in [4.69, 9.17) is 4.74 Å². The van der Waals surface area contributed by atoms with E-state index in [1.54, 1.807) is 0 Å². The number of piperidine rings is 1. The van der Waals surface area contributed by atoms with Crippen molar-refractivity contribution in [2.24, 2.45) is 0 Å². The molecule has 0 spiro atoms. The molecule has 0 bridgehead atoms. The summed E-state index contributed by atoms with van der Waals surface area (Å²) in [6.07, 6.45) is 4.77. The van der Waals surface area contributed by atoms with Gasteiger partial charge in [0.05, 0.1) is 12.7 Å². The summed E-state index contributed by atoms with van der Waals surface area (Å²) in [5.74, 6) is -0.329. The Labute approximate surface area is 125 Å². The summed E-state index contributed by atoms with van der Waals surface area (Å²) in [6, 6.07) is 3.96. The molecule has 4 nitrogen and oxygen atoms in total. The smallest absolute Gasteiger partial charge is 0.255 e. The standard InChI is InChI=1S/C16H23FN2O2/c1-21-15-7-6-13(17)12-14(15)16(20)18-8-5-11-19-9-3-2-4-10-19/h6-7,12H,2-5,8-11H2,1H3,(H,18,20). The molecule has 1 saturated heterocycles. The Bertz CT molecular complexity index is 473. The Kier molecular flexibility index (Phi) is 5.99. The van der Waals surface area contributed by atoms with Crippen LogP contribution in [0.2, 0.25) is 0 Å². The Balaban J connectivity index is 1.77. The number of rotatable bonds is 6. The molecule has 1 aliphatic rings. The first-order valence-electron chi connectivity index (χ1n) is 7.55. The summed E-state index contributed by atoms with van der Waals surface area (Å²) in [6.45, 7) is 3.91. The maximum atomic E-state index is 13.2. The number of nitrogens with zero attached hydrogens (tertiary/aromatic N) is 1. The van der Waals surface area contributed by atoms with Crippen molar-refractivity contribution in [1.29, 1.82) is 0 Å². The van der Waals surface area contributed by atoms with E-state index in [-0.39, 0.29) is 11.5 Å². The van der Waals surface area contributed by atoms with E-state index in [0.717, 1.165) is 26.1 Å². The minimum atomic E-state index is -0.436. The zero-order valence-corrected chi connectivity index (χ0v) is 12.5. The topological polar surface area (TPSA) is 41.6 Å². The van der Waals surface area contributed by atoms with Crippen LogP contribution in [0.25, 0.3) is 0 Å². The van der Waals surface area contributed by atoms with Gasteiger partial charge in [0.1, 0.15) is 11.6 Å². The van der Waals surface area contributed by atoms with Crippen LogP contribution >= 0.6 is 0 Å². The van der Waals surface area contributed by atoms with Crippen LogP contribution in [0.5, 0.6) is 5.75 Å². The summed E-state index contributed by atoms with van der Waals surface area (Å²) in [5.41, 5.74) is 0.246. The van der Waals surface area contributed by atoms with Gasteiger partial charge in [0.25, 0.3) is 5.91 Å². The van der Waals surface area contributed by atoms with Crippen LogP contribution < -0.4 is 10.1 Å². The number of carbonyl (C=O) groups is 1. The molecule has 1 aromatic carbocycles. The third-order valence-electron chi connectivity index (χ3n) is 3.79. The second kappa shape index (κ2) is 7.98. The van der Waals surface area contributed by atoms with E-state index in [9.17, 15) is 9.18 Å². The molecule has 0 saturated carbocycles. The number of hydrogen-bond acceptors (Lipinski definition) is 3. The van der Waals surface area contributed by atoms with Gasteiger partial charge in [-0.25, -0.2) is 4.39 Å². The highest BCUT2D eigenvalue weighted by Gasteiger charge is 2.13. The van der Waals surface area contributed by atoms with Gasteiger partial charge in [0.2, 0.25) is 0 Å². The molecular formula is C16H23FN2O2. The summed E-state index contributed by atoms with van der Waals surface area (Å²) >= 11 is 0. The van der Waals surface area contributed by atoms with Gasteiger partial charge in [0.15, 0.2) is 0 Å². The first-order chi connectivity index (χ1) is 10.2. The monoisotopic (exact) mass is 294 g/mol. The van der Waals surface area contributed by atoms with Crippen LogP contribution in [-0.4, -0.2) is 44.1 Å². The van der Waals surface area contributed by atoms with E-state index >= 15 is 0 Å². The van der Waals surface area contributed by atoms with Crippen LogP contribution in [0, 0.1) is 5.82 Å². The van der Waals surface area contributed by atoms with E-state index in [1.165, 1.54) is 44.6 Å². The molecule has 21 heavy (non-hydrogen) atoms. The fourth-order valence-electron chi connectivity index (χ4n) is 2.64. The van der Waals surface area contributed by atoms with E-state index in [1.807, 2.05) is 0 Å². The molecular weight excluding hydrogens is 271 g/mol. The lowest BCUT2D eigenvalue weighted by atomic mass is 10.1. The summed E-state index contributed by atoms with van der Waals surface area (Å²) in [7, 11) is 1.47. The van der Waals surface area contributed by atoms with Crippen LogP contribution in [-0.2, 0) is 0 Å². The van der Waals surface area contributed by atoms with Gasteiger partial charge >= 0.3 is 0 Å². The predicted octanol–water partition coefficient (Wildman–Crippen LogP) is 2.44. The van der Waals surface area contributed by atoms with Crippen molar-refractivity contribution in [2.75, 3.05) is 33.3 Å². The first kappa shape index (κ1) is 15.8. The lowest BCUT2D eigenvalue weighted by Crippen LogP contribution is -2.33. The average molecular weight is 294 g/mol. The van der Waals surface area contributed by atoms with Crippen molar-refractivity contribution < 1.29 is 13.9 Å². The molecule has 1 heterocycles. The minimum absolute atomic E-state index is 0.246. The van der Waals surface area contributed by atoms with Crippen LogP contribution in [0.3, 0.4) is 0 Å². The Hall–Kier alpha value is -1.62. The van der Waals surface area contributed by atoms with Crippen LogP contribution in [0.1, 0.15) is 36.0 Å². The summed E-state index contributed by atoms with van der Waals surface area (Å²) in [4.78, 5) is 14.5. The second-order valence-corrected chi connectivity index (χ2v) is 5.36. The van der Waals surface area contributed by atoms with E-state index in [2.05, 4.69) is 10.2 Å². The van der Waals surface area contributed by atoms with Gasteiger partial charge < -0.3 is 15.0 Å². The van der Waals surface area contributed by atoms with Gasteiger partial charge in [-0.3, -0.25) is 4.79 Å². The molecule has 0 aliphatic carbocycles. The highest BCUT2D eigenvalue weighted by Crippen LogP contribution is 2.19. The zero-order chi connectivity index (χ0) is 15.1. The van der Waals surface area contributed by atoms with Gasteiger partial charge in [0, 0.05) is 6.54 Å². The Morgan fingerprint density at radius 2 is 2.10 bits per heavy atom. The third kappa shape index (κ3) is 4.70. The molecule has 0 aromatic heterocycles. The second-order valence-electron chi connectivity index (χ2n) is 5.36. The Morgan fingerprint density at radius 3 is 2.81 bits per heavy atom. The van der Waals surface area contributed by atoms with Gasteiger partial charge in [-0.05, 0) is 57.1 Å². The highest BCUT2D eigenvalue weighted by molar-refractivity contribution is 5.96. The highest BCUT2D eigenvalue weighted by atomic mass is 19.1. The van der Waals surface area contributed by atoms with Gasteiger partial charge in [-0.1, -0.05) is 6.42 Å². The number of likely N-dealkylation sites (tertiary alicyclic amines) is 1. The van der Waals surface area contributed by atoms with E-state index < -0.39 is 5.82 Å². The molecule has 0 unspecified atom stereocenters. The van der Waals surface area contributed by atoms with Crippen molar-refractivity contribution in [3.8, 4) is 5.75 Å². The average Bonchev–Trinajstić information content (AvgIpc) is 2.52. The van der Waals surface area contributed by atoms with E-state index in [0.29, 0.717) is 12.3 Å². The molecule has 0 radical (unpaired) electrons. The number of nitrogens with one attached hydrogen (secondary N) is 1. The van der Waals surface area contributed by atoms with Crippen molar-refractivity contribution in [3.05, 3.63) is 29.6 Å². The SMILES string of the molecule is COc1ccc(F)cc1C(=O)NCCCN1CCCCC1. The molecule has 1 aliphatic heterocycles. The van der Waals surface area contributed by atoms with Crippen LogP contribution in [0.4, 0.5) is 4.39 Å². The Morgan fingerprint density at radius 1 is 1.33 bits per heavy atom. The number of benzene rings is 1. The molecule has 1 fully saturated rings. The number of ether oxygens (including phenoxy) is 1. The number of carbonyl (C=O) groups excluding carboxylic acids is 1. The first-order valence-corrected chi connectivity index (χ1v) is 7.55. The number of halogens is 1. The lowest BCUT2D eigenvalue weighted by Gasteiger charge is -2.26. The van der Waals surface area contributed by atoms with Crippen LogP contribution in [0.15, 0.2) is 18.2 Å². The van der Waals surface area contributed by atoms with Gasteiger partial charge in [-0.15, -0.1) is 0 Å². The lowest BCUT2D eigenvalue weighted by molar-refractivity contribution is 0.0947. The maximum Gasteiger partial charge on any atom is 0.255 e. The predicted molar refractivity (Wildman–Crippen MR) is 80.2 cm³/mol.